The predicted octanol–water partition coefficient (Wildman–Crippen LogP) is 2.41. The molecule has 0 spiro atoms. The van der Waals surface area contributed by atoms with Gasteiger partial charge >= 0.3 is 0 Å². The van der Waals surface area contributed by atoms with Gasteiger partial charge in [-0.1, -0.05) is 20.8 Å². The Labute approximate surface area is 137 Å². The molecule has 7 heteroatoms. The van der Waals surface area contributed by atoms with Crippen LogP contribution in [0.2, 0.25) is 0 Å². The Morgan fingerprint density at radius 3 is 2.74 bits per heavy atom. The summed E-state index contributed by atoms with van der Waals surface area (Å²) in [6.45, 7) is 7.41. The summed E-state index contributed by atoms with van der Waals surface area (Å²) in [6.07, 6.45) is 3.08. The number of nitrogens with zero attached hydrogens (tertiary/aromatic N) is 2. The molecule has 0 saturated heterocycles. The average molecular weight is 337 g/mol. The fraction of sp³-hybridized carbons (Fsp3) is 0.500. The molecule has 23 heavy (non-hydrogen) atoms. The molecule has 1 heterocycles. The molecule has 1 aromatic carbocycles. The summed E-state index contributed by atoms with van der Waals surface area (Å²) in [5.74, 6) is 0.233. The third-order valence-electron chi connectivity index (χ3n) is 3.61. The topological polar surface area (TPSA) is 78.8 Å². The van der Waals surface area contributed by atoms with Gasteiger partial charge in [0.1, 0.15) is 11.2 Å². The molecule has 126 valence electrons. The van der Waals surface area contributed by atoms with Crippen molar-refractivity contribution in [1.82, 2.24) is 5.32 Å². The molecule has 6 nitrogen and oxygen atoms in total. The number of benzene rings is 1. The van der Waals surface area contributed by atoms with Crippen molar-refractivity contribution in [1.29, 1.82) is 0 Å². The van der Waals surface area contributed by atoms with Gasteiger partial charge in [-0.2, -0.15) is 8.42 Å². The number of carbonyl (C=O) groups is 1. The molecule has 0 bridgehead atoms. The van der Waals surface area contributed by atoms with Gasteiger partial charge in [-0.05, 0) is 37.0 Å². The number of sulfonamides is 1. The second kappa shape index (κ2) is 7.12. The normalized spacial score (nSPS) is 15.6. The van der Waals surface area contributed by atoms with Crippen LogP contribution in [0.5, 0.6) is 0 Å². The second-order valence-corrected chi connectivity index (χ2v) is 7.61. The average Bonchev–Trinajstić information content (AvgIpc) is 2.49. The zero-order valence-corrected chi connectivity index (χ0v) is 14.6. The molecule has 0 fully saturated rings. The van der Waals surface area contributed by atoms with Crippen LogP contribution in [0.25, 0.3) is 0 Å². The van der Waals surface area contributed by atoms with E-state index in [2.05, 4.69) is 23.6 Å². The van der Waals surface area contributed by atoms with E-state index in [1.165, 1.54) is 12.4 Å². The number of fused-ring (bicyclic) bond motifs is 1. The van der Waals surface area contributed by atoms with Gasteiger partial charge in [0.2, 0.25) is 0 Å². The van der Waals surface area contributed by atoms with Crippen LogP contribution in [0.4, 0.5) is 5.69 Å². The van der Waals surface area contributed by atoms with E-state index in [1.807, 2.05) is 6.92 Å². The Balaban J connectivity index is 2.26. The quantitative estimate of drug-likeness (QED) is 0.864. The molecule has 1 amide bonds. The largest absolute Gasteiger partial charge is 0.352 e. The Morgan fingerprint density at radius 1 is 1.35 bits per heavy atom. The highest BCUT2D eigenvalue weighted by Crippen LogP contribution is 2.30. The summed E-state index contributed by atoms with van der Waals surface area (Å²) < 4.78 is 27.9. The first-order valence-electron chi connectivity index (χ1n) is 7.84. The number of amides is 1. The van der Waals surface area contributed by atoms with Gasteiger partial charge in [-0.15, -0.1) is 4.40 Å². The maximum absolute atomic E-state index is 12.2. The van der Waals surface area contributed by atoms with Crippen molar-refractivity contribution in [2.45, 2.75) is 38.5 Å². The van der Waals surface area contributed by atoms with Crippen molar-refractivity contribution in [3.8, 4) is 0 Å². The van der Waals surface area contributed by atoms with Gasteiger partial charge in [-0.3, -0.25) is 4.79 Å². The lowest BCUT2D eigenvalue weighted by Crippen LogP contribution is -2.29. The summed E-state index contributed by atoms with van der Waals surface area (Å²) in [7, 11) is -3.74. The Bertz CT molecular complexity index is 711. The van der Waals surface area contributed by atoms with Gasteiger partial charge in [-0.25, -0.2) is 0 Å². The number of hydrogen-bond acceptors (Lipinski definition) is 4. The van der Waals surface area contributed by atoms with E-state index in [-0.39, 0.29) is 10.8 Å². The summed E-state index contributed by atoms with van der Waals surface area (Å²) in [5.41, 5.74) is 0.908. The maximum atomic E-state index is 12.2. The molecule has 2 rings (SSSR count). The summed E-state index contributed by atoms with van der Waals surface area (Å²) >= 11 is 0. The van der Waals surface area contributed by atoms with Crippen LogP contribution < -0.4 is 10.2 Å². The van der Waals surface area contributed by atoms with E-state index in [1.54, 1.807) is 17.0 Å². The standard InChI is InChI=1S/C16H23N3O3S/c1-4-9-19-11-18-23(21,22)15-10-13(5-6-14(15)19)16(20)17-8-7-12(2)3/h5-6,10-12H,4,7-9H2,1-3H3,(H,17,20). The van der Waals surface area contributed by atoms with Gasteiger partial charge in [0.05, 0.1) is 5.69 Å². The molecule has 0 aliphatic carbocycles. The van der Waals surface area contributed by atoms with Crippen molar-refractivity contribution >= 4 is 28.0 Å². The highest BCUT2D eigenvalue weighted by molar-refractivity contribution is 7.90. The molecule has 1 aliphatic rings. The van der Waals surface area contributed by atoms with Crippen molar-refractivity contribution in [2.75, 3.05) is 18.0 Å². The zero-order valence-electron chi connectivity index (χ0n) is 13.7. The number of hydrogen-bond donors (Lipinski definition) is 1. The zero-order chi connectivity index (χ0) is 17.0. The highest BCUT2D eigenvalue weighted by atomic mass is 32.2. The third-order valence-corrected chi connectivity index (χ3v) is 4.86. The summed E-state index contributed by atoms with van der Waals surface area (Å²) in [6, 6.07) is 4.74. The molecule has 0 radical (unpaired) electrons. The molecular weight excluding hydrogens is 314 g/mol. The second-order valence-electron chi connectivity index (χ2n) is 6.01. The van der Waals surface area contributed by atoms with Crippen molar-refractivity contribution in [3.05, 3.63) is 23.8 Å². The minimum absolute atomic E-state index is 0.0879. The van der Waals surface area contributed by atoms with Gasteiger partial charge in [0.25, 0.3) is 15.9 Å². The third kappa shape index (κ3) is 4.10. The van der Waals surface area contributed by atoms with E-state index < -0.39 is 10.0 Å². The van der Waals surface area contributed by atoms with E-state index >= 15 is 0 Å². The predicted molar refractivity (Wildman–Crippen MR) is 91.5 cm³/mol. The molecule has 0 saturated carbocycles. The first-order valence-corrected chi connectivity index (χ1v) is 9.28. The number of nitrogens with one attached hydrogen (secondary N) is 1. The van der Waals surface area contributed by atoms with Crippen LogP contribution in [-0.4, -0.2) is 33.8 Å². The smallest absolute Gasteiger partial charge is 0.285 e. The number of anilines is 1. The molecular formula is C16H23N3O3S. The van der Waals surface area contributed by atoms with E-state index in [0.29, 0.717) is 30.3 Å². The van der Waals surface area contributed by atoms with Crippen molar-refractivity contribution in [3.63, 3.8) is 0 Å². The number of rotatable bonds is 6. The first-order chi connectivity index (χ1) is 10.8. The molecule has 0 aromatic heterocycles. The van der Waals surface area contributed by atoms with Crippen molar-refractivity contribution in [2.24, 2.45) is 10.3 Å². The van der Waals surface area contributed by atoms with Gasteiger partial charge in [0.15, 0.2) is 0 Å². The monoisotopic (exact) mass is 337 g/mol. The van der Waals surface area contributed by atoms with Crippen LogP contribution in [0, 0.1) is 5.92 Å². The summed E-state index contributed by atoms with van der Waals surface area (Å²) in [4.78, 5) is 14.0. The van der Waals surface area contributed by atoms with E-state index in [4.69, 9.17) is 0 Å². The highest BCUT2D eigenvalue weighted by Gasteiger charge is 2.26. The Morgan fingerprint density at radius 2 is 2.09 bits per heavy atom. The molecule has 0 atom stereocenters. The van der Waals surface area contributed by atoms with Crippen molar-refractivity contribution < 1.29 is 13.2 Å². The molecule has 1 N–H and O–H groups in total. The fourth-order valence-electron chi connectivity index (χ4n) is 2.33. The van der Waals surface area contributed by atoms with Crippen LogP contribution in [-0.2, 0) is 10.0 Å². The minimum atomic E-state index is -3.74. The van der Waals surface area contributed by atoms with Crippen LogP contribution in [0.3, 0.4) is 0 Å². The molecule has 1 aromatic rings. The Hall–Kier alpha value is -1.89. The van der Waals surface area contributed by atoms with Gasteiger partial charge < -0.3 is 10.2 Å². The first kappa shape index (κ1) is 17.5. The fourth-order valence-corrected chi connectivity index (χ4v) is 3.41. The van der Waals surface area contributed by atoms with E-state index in [9.17, 15) is 13.2 Å². The lowest BCUT2D eigenvalue weighted by molar-refractivity contribution is 0.0952. The van der Waals surface area contributed by atoms with E-state index in [0.717, 1.165) is 12.8 Å². The lowest BCUT2D eigenvalue weighted by atomic mass is 10.1. The lowest BCUT2D eigenvalue weighted by Gasteiger charge is -2.25. The van der Waals surface area contributed by atoms with Crippen LogP contribution in [0.1, 0.15) is 44.0 Å². The maximum Gasteiger partial charge on any atom is 0.285 e. The SMILES string of the molecule is CCCN1C=NS(=O)(=O)c2cc(C(=O)NCCC(C)C)ccc21. The minimum Gasteiger partial charge on any atom is -0.352 e. The number of carbonyl (C=O) groups excluding carboxylic acids is 1. The molecule has 1 aliphatic heterocycles. The Kier molecular flexibility index (Phi) is 5.41. The van der Waals surface area contributed by atoms with Crippen LogP contribution >= 0.6 is 0 Å². The molecule has 0 unspecified atom stereocenters. The van der Waals surface area contributed by atoms with Gasteiger partial charge in [0, 0.05) is 18.7 Å². The van der Waals surface area contributed by atoms with Crippen LogP contribution in [0.15, 0.2) is 27.5 Å². The summed E-state index contributed by atoms with van der Waals surface area (Å²) in [5, 5.41) is 2.82.